The highest BCUT2D eigenvalue weighted by atomic mass is 79.9. The normalized spacial score (nSPS) is 18.7. The molecule has 2 N–H and O–H groups in total. The Kier molecular flexibility index (Phi) is 5.46. The molecule has 1 heterocycles. The highest BCUT2D eigenvalue weighted by Crippen LogP contribution is 2.23. The first-order valence-corrected chi connectivity index (χ1v) is 9.92. The molecule has 1 aliphatic heterocycles. The van der Waals surface area contributed by atoms with Crippen LogP contribution in [0.3, 0.4) is 0 Å². The molecule has 2 amide bonds. The van der Waals surface area contributed by atoms with Crippen molar-refractivity contribution < 1.29 is 18.0 Å². The Morgan fingerprint density at radius 1 is 1.39 bits per heavy atom. The van der Waals surface area contributed by atoms with Gasteiger partial charge in [0.25, 0.3) is 0 Å². The second-order valence-corrected chi connectivity index (χ2v) is 8.68. The van der Waals surface area contributed by atoms with Crippen LogP contribution in [0, 0.1) is 5.92 Å². The number of primary amides is 1. The number of nitrogens with two attached hydrogens (primary N) is 1. The number of sulfone groups is 1. The predicted octanol–water partition coefficient (Wildman–Crippen LogP) is 1.12. The number of hydrogen-bond donors (Lipinski definition) is 1. The first-order valence-electron chi connectivity index (χ1n) is 7.24. The van der Waals surface area contributed by atoms with Crippen molar-refractivity contribution in [3.05, 3.63) is 28.2 Å². The summed E-state index contributed by atoms with van der Waals surface area (Å²) in [5.74, 6) is -0.926. The number of halogens is 1. The molecule has 0 spiro atoms. The molecule has 0 saturated carbocycles. The molecular weight excluding hydrogens is 384 g/mol. The van der Waals surface area contributed by atoms with Crippen LogP contribution in [0.4, 0.5) is 0 Å². The van der Waals surface area contributed by atoms with Gasteiger partial charge in [-0.3, -0.25) is 9.59 Å². The third-order valence-electron chi connectivity index (χ3n) is 3.94. The second kappa shape index (κ2) is 7.00. The fraction of sp³-hybridized carbons (Fsp3) is 0.467. The van der Waals surface area contributed by atoms with Gasteiger partial charge >= 0.3 is 0 Å². The van der Waals surface area contributed by atoms with Crippen LogP contribution in [0.1, 0.15) is 18.4 Å². The lowest BCUT2D eigenvalue weighted by atomic mass is 9.97. The first-order chi connectivity index (χ1) is 10.7. The van der Waals surface area contributed by atoms with Crippen molar-refractivity contribution in [2.45, 2.75) is 24.2 Å². The molecule has 0 radical (unpaired) electrons. The van der Waals surface area contributed by atoms with Crippen LogP contribution in [0.25, 0.3) is 0 Å². The van der Waals surface area contributed by atoms with Crippen molar-refractivity contribution in [3.8, 4) is 0 Å². The van der Waals surface area contributed by atoms with Crippen LogP contribution in [0.15, 0.2) is 27.6 Å². The quantitative estimate of drug-likeness (QED) is 0.815. The summed E-state index contributed by atoms with van der Waals surface area (Å²) in [7, 11) is -3.42. The summed E-state index contributed by atoms with van der Waals surface area (Å²) in [6, 6.07) is 4.77. The molecule has 0 bridgehead atoms. The van der Waals surface area contributed by atoms with Crippen LogP contribution in [0.2, 0.25) is 0 Å². The molecule has 1 fully saturated rings. The van der Waals surface area contributed by atoms with Gasteiger partial charge in [-0.1, -0.05) is 15.9 Å². The molecular formula is C15H19BrN2O4S. The van der Waals surface area contributed by atoms with Gasteiger partial charge in [0.05, 0.1) is 17.2 Å². The lowest BCUT2D eigenvalue weighted by Crippen LogP contribution is -2.44. The standard InChI is InChI=1S/C15H19BrN2O4S/c1-23(21,22)13-5-4-12(16)7-11(13)8-14(19)18-6-2-3-10(9-18)15(17)20/h4-5,7,10H,2-3,6,8-9H2,1H3,(H2,17,20)/t10-/m0/s1. The van der Waals surface area contributed by atoms with E-state index in [0.717, 1.165) is 12.7 Å². The zero-order valence-electron chi connectivity index (χ0n) is 12.8. The number of nitrogens with zero attached hydrogens (tertiary/aromatic N) is 1. The Labute approximate surface area is 144 Å². The third kappa shape index (κ3) is 4.54. The molecule has 1 aromatic rings. The summed E-state index contributed by atoms with van der Waals surface area (Å²) in [6.45, 7) is 0.862. The third-order valence-corrected chi connectivity index (χ3v) is 5.63. The number of hydrogen-bond acceptors (Lipinski definition) is 4. The highest BCUT2D eigenvalue weighted by molar-refractivity contribution is 9.10. The fourth-order valence-electron chi connectivity index (χ4n) is 2.76. The topological polar surface area (TPSA) is 97.5 Å². The smallest absolute Gasteiger partial charge is 0.227 e. The van der Waals surface area contributed by atoms with E-state index in [9.17, 15) is 18.0 Å². The number of rotatable bonds is 4. The number of likely N-dealkylation sites (tertiary alicyclic amines) is 1. The molecule has 8 heteroatoms. The van der Waals surface area contributed by atoms with Crippen molar-refractivity contribution in [2.75, 3.05) is 19.3 Å². The van der Waals surface area contributed by atoms with Crippen molar-refractivity contribution in [1.29, 1.82) is 0 Å². The first kappa shape index (κ1) is 17.9. The van der Waals surface area contributed by atoms with E-state index in [4.69, 9.17) is 5.73 Å². The second-order valence-electron chi connectivity index (χ2n) is 5.78. The number of benzene rings is 1. The van der Waals surface area contributed by atoms with Crippen molar-refractivity contribution in [2.24, 2.45) is 11.7 Å². The van der Waals surface area contributed by atoms with E-state index < -0.39 is 15.7 Å². The van der Waals surface area contributed by atoms with Crippen molar-refractivity contribution in [3.63, 3.8) is 0 Å². The molecule has 126 valence electrons. The van der Waals surface area contributed by atoms with Crippen LogP contribution in [-0.2, 0) is 25.8 Å². The molecule has 6 nitrogen and oxygen atoms in total. The molecule has 0 aromatic heterocycles. The molecule has 23 heavy (non-hydrogen) atoms. The van der Waals surface area contributed by atoms with Crippen molar-refractivity contribution in [1.82, 2.24) is 4.90 Å². The SMILES string of the molecule is CS(=O)(=O)c1ccc(Br)cc1CC(=O)N1CCC[C@H](C(N)=O)C1. The number of carbonyl (C=O) groups is 2. The summed E-state index contributed by atoms with van der Waals surface area (Å²) >= 11 is 3.30. The average Bonchev–Trinajstić information content (AvgIpc) is 2.46. The van der Waals surface area contributed by atoms with Gasteiger partial charge in [0.2, 0.25) is 11.8 Å². The summed E-state index contributed by atoms with van der Waals surface area (Å²) < 4.78 is 24.4. The average molecular weight is 403 g/mol. The lowest BCUT2D eigenvalue weighted by Gasteiger charge is -2.31. The molecule has 1 aromatic carbocycles. The van der Waals surface area contributed by atoms with E-state index in [1.807, 2.05) is 0 Å². The van der Waals surface area contributed by atoms with Gasteiger partial charge in [0.1, 0.15) is 0 Å². The van der Waals surface area contributed by atoms with E-state index in [2.05, 4.69) is 15.9 Å². The minimum atomic E-state index is -3.42. The van der Waals surface area contributed by atoms with Crippen LogP contribution in [-0.4, -0.2) is 44.5 Å². The maximum atomic E-state index is 12.5. The van der Waals surface area contributed by atoms with E-state index in [1.54, 1.807) is 17.0 Å². The Morgan fingerprint density at radius 3 is 2.70 bits per heavy atom. The number of piperidine rings is 1. The van der Waals surface area contributed by atoms with Crippen LogP contribution >= 0.6 is 15.9 Å². The summed E-state index contributed by atoms with van der Waals surface area (Å²) in [6.07, 6.45) is 2.50. The van der Waals surface area contributed by atoms with E-state index in [1.165, 1.54) is 6.07 Å². The van der Waals surface area contributed by atoms with Gasteiger partial charge < -0.3 is 10.6 Å². The maximum Gasteiger partial charge on any atom is 0.227 e. The van der Waals surface area contributed by atoms with Gasteiger partial charge in [0, 0.05) is 23.8 Å². The van der Waals surface area contributed by atoms with Gasteiger partial charge in [0.15, 0.2) is 9.84 Å². The Bertz CT molecular complexity index is 733. The van der Waals surface area contributed by atoms with Crippen LogP contribution < -0.4 is 5.73 Å². The number of carbonyl (C=O) groups excluding carboxylic acids is 2. The van der Waals surface area contributed by atoms with Crippen LogP contribution in [0.5, 0.6) is 0 Å². The molecule has 1 atom stereocenters. The van der Waals surface area contributed by atoms with E-state index in [-0.39, 0.29) is 23.1 Å². The summed E-state index contributed by atoms with van der Waals surface area (Å²) in [5.41, 5.74) is 5.77. The lowest BCUT2D eigenvalue weighted by molar-refractivity contribution is -0.134. The number of amides is 2. The Hall–Kier alpha value is -1.41. The zero-order valence-corrected chi connectivity index (χ0v) is 15.2. The zero-order chi connectivity index (χ0) is 17.2. The Balaban J connectivity index is 2.20. The van der Waals surface area contributed by atoms with Crippen molar-refractivity contribution >= 4 is 37.6 Å². The Morgan fingerprint density at radius 2 is 2.09 bits per heavy atom. The molecule has 0 aliphatic carbocycles. The van der Waals surface area contributed by atoms with Gasteiger partial charge in [-0.2, -0.15) is 0 Å². The molecule has 1 saturated heterocycles. The minimum absolute atomic E-state index is 0.0205. The largest absolute Gasteiger partial charge is 0.369 e. The summed E-state index contributed by atoms with van der Waals surface area (Å²) in [4.78, 5) is 25.5. The fourth-order valence-corrected chi connectivity index (χ4v) is 4.09. The maximum absolute atomic E-state index is 12.5. The monoisotopic (exact) mass is 402 g/mol. The van der Waals surface area contributed by atoms with Gasteiger partial charge in [-0.15, -0.1) is 0 Å². The molecule has 1 aliphatic rings. The predicted molar refractivity (Wildman–Crippen MR) is 89.5 cm³/mol. The minimum Gasteiger partial charge on any atom is -0.369 e. The molecule has 0 unspecified atom stereocenters. The van der Waals surface area contributed by atoms with Gasteiger partial charge in [-0.25, -0.2) is 8.42 Å². The highest BCUT2D eigenvalue weighted by Gasteiger charge is 2.27. The molecule has 2 rings (SSSR count). The van der Waals surface area contributed by atoms with Gasteiger partial charge in [-0.05, 0) is 36.6 Å². The summed E-state index contributed by atoms with van der Waals surface area (Å²) in [5, 5.41) is 0. The van der Waals surface area contributed by atoms with E-state index in [0.29, 0.717) is 29.5 Å². The van der Waals surface area contributed by atoms with E-state index >= 15 is 0 Å².